The summed E-state index contributed by atoms with van der Waals surface area (Å²) in [4.78, 5) is 131. The quantitative estimate of drug-likeness (QED) is 0.0158. The molecule has 4 amide bonds. The monoisotopic (exact) mass is 1350 g/mol. The molecule has 90 heavy (non-hydrogen) atoms. The Morgan fingerprint density at radius 1 is 0.489 bits per heavy atom. The summed E-state index contributed by atoms with van der Waals surface area (Å²) in [6.07, 6.45) is 18.2. The Kier molecular flexibility index (Phi) is 32.9. The molecule has 0 aliphatic carbocycles. The molecule has 1 heterocycles. The highest BCUT2D eigenvalue weighted by molar-refractivity contribution is 8.76. The SMILES string of the molecule is CCCCCCCCCCCCCCCCCc1cc2cc(c1)C(=O)N[C@@H](C(=O)O)CCc1cc(cc(C(=O)O)c1)CSSCc1cc(cc(C(=O)O)c1)CC[C@H](C(=O)O)NC(=O)c1cc(C(=O)N[C@@H](CSS)C(=O)O)cc(c1)C(=O)N[C@H](C(=O)O)CSSC2. The molecule has 0 radical (unpaired) electrons. The van der Waals surface area contributed by atoms with E-state index in [9.17, 15) is 78.6 Å². The van der Waals surface area contributed by atoms with E-state index >= 15 is 0 Å². The highest BCUT2D eigenvalue weighted by Gasteiger charge is 2.28. The summed E-state index contributed by atoms with van der Waals surface area (Å²) in [6, 6.07) is 11.5. The third kappa shape index (κ3) is 26.5. The van der Waals surface area contributed by atoms with Crippen LogP contribution in [0.1, 0.15) is 212 Å². The van der Waals surface area contributed by atoms with Crippen molar-refractivity contribution in [2.24, 2.45) is 0 Å². The van der Waals surface area contributed by atoms with Crippen molar-refractivity contribution in [1.82, 2.24) is 21.3 Å². The lowest BCUT2D eigenvalue weighted by Crippen LogP contribution is -2.44. The molecule has 0 saturated carbocycles. The maximum absolute atomic E-state index is 14.1. The maximum atomic E-state index is 14.1. The van der Waals surface area contributed by atoms with E-state index < -0.39 is 100 Å². The molecule has 20 nitrogen and oxygen atoms in total. The number of unbranched alkanes of at least 4 members (excludes halogenated alkanes) is 14. The van der Waals surface area contributed by atoms with E-state index in [4.69, 9.17) is 0 Å². The van der Waals surface area contributed by atoms with Gasteiger partial charge in [0.25, 0.3) is 23.6 Å². The predicted octanol–water partition coefficient (Wildman–Crippen LogP) is 12.0. The molecule has 0 aromatic heterocycles. The number of aryl methyl sites for hydroxylation is 3. The molecular formula is C64H80N4O16S6. The highest BCUT2D eigenvalue weighted by atomic mass is 33.1. The molecular weight excluding hydrogens is 1270 g/mol. The van der Waals surface area contributed by atoms with Crippen LogP contribution >= 0.6 is 65.6 Å². The van der Waals surface area contributed by atoms with Gasteiger partial charge in [0.05, 0.1) is 11.1 Å². The molecule has 0 saturated heterocycles. The molecule has 4 aromatic rings. The van der Waals surface area contributed by atoms with E-state index in [1.807, 2.05) is 6.07 Å². The van der Waals surface area contributed by atoms with E-state index in [0.717, 1.165) is 77.5 Å². The number of thiol groups is 1. The van der Waals surface area contributed by atoms with Crippen molar-refractivity contribution in [3.63, 3.8) is 0 Å². The molecule has 4 atom stereocenters. The number of amides is 4. The number of rotatable bonds is 26. The first-order chi connectivity index (χ1) is 43.1. The van der Waals surface area contributed by atoms with Gasteiger partial charge in [0.15, 0.2) is 0 Å². The largest absolute Gasteiger partial charge is 0.480 e. The molecule has 488 valence electrons. The Balaban J connectivity index is 1.43. The molecule has 4 aromatic carbocycles. The number of carboxylic acid groups (broad SMARTS) is 6. The van der Waals surface area contributed by atoms with Crippen molar-refractivity contribution in [2.75, 3.05) is 11.5 Å². The van der Waals surface area contributed by atoms with Crippen LogP contribution in [0.4, 0.5) is 0 Å². The number of carboxylic acids is 6. The first-order valence-corrected chi connectivity index (χ1v) is 37.1. The van der Waals surface area contributed by atoms with Crippen molar-refractivity contribution in [3.05, 3.63) is 140 Å². The zero-order valence-electron chi connectivity index (χ0n) is 50.2. The smallest absolute Gasteiger partial charge is 0.335 e. The number of carbonyl (C=O) groups excluding carboxylic acids is 4. The Morgan fingerprint density at radius 2 is 0.889 bits per heavy atom. The summed E-state index contributed by atoms with van der Waals surface area (Å²) < 4.78 is 0. The molecule has 10 N–H and O–H groups in total. The predicted molar refractivity (Wildman–Crippen MR) is 358 cm³/mol. The van der Waals surface area contributed by atoms with E-state index in [2.05, 4.69) is 39.9 Å². The van der Waals surface area contributed by atoms with Gasteiger partial charge in [-0.2, -0.15) is 0 Å². The average molecular weight is 1350 g/mol. The fraction of sp³-hybridized carbons (Fsp3) is 0.469. The molecule has 1 aliphatic heterocycles. The first-order valence-electron chi connectivity index (χ1n) is 30.0. The zero-order chi connectivity index (χ0) is 65.5. The van der Waals surface area contributed by atoms with Crippen LogP contribution in [0.25, 0.3) is 0 Å². The van der Waals surface area contributed by atoms with Crippen molar-refractivity contribution >= 4 is 125 Å². The number of nitrogens with one attached hydrogen (secondary N) is 4. The third-order valence-electron chi connectivity index (χ3n) is 14.9. The Labute approximate surface area is 549 Å². The van der Waals surface area contributed by atoms with Crippen molar-refractivity contribution in [2.45, 2.75) is 177 Å². The standard InChI is InChI=1S/C64H80N4O16S6/c1-2-3-4-5-6-7-8-9-10-11-12-13-14-15-16-17-39-22-42-28-45(25-39)55(69)65-51(61(77)78)20-18-40-23-43(29-49(26-40)59(73)74)35-87-88-36-44-24-41(27-50(30-44)60(75)76)19-21-52(62(79)80)66-56(70)46-31-47(57(71)67-53(37-86-85)63(81)82)33-48(32-46)58(72)68-54(64(83)84)38-90-89-34-42/h22-33,51-54,85H,2-21,34-38H2,1H3,(H,65,69)(H,66,70)(H,67,71)(H,68,72)(H,73,74)(H,75,76)(H,77,78)(H,79,80)(H,81,82)(H,83,84)/t51-,52-,53+,54+/m1/s1. The van der Waals surface area contributed by atoms with Gasteiger partial charge in [0.1, 0.15) is 24.2 Å². The van der Waals surface area contributed by atoms with E-state index in [-0.39, 0.29) is 71.1 Å². The van der Waals surface area contributed by atoms with Crippen LogP contribution in [0.3, 0.4) is 0 Å². The highest BCUT2D eigenvalue weighted by Crippen LogP contribution is 2.32. The maximum Gasteiger partial charge on any atom is 0.335 e. The molecule has 0 fully saturated rings. The van der Waals surface area contributed by atoms with Gasteiger partial charge in [-0.1, -0.05) is 169 Å². The van der Waals surface area contributed by atoms with Crippen LogP contribution in [0.5, 0.6) is 0 Å². The number of hydrogen-bond acceptors (Lipinski definition) is 16. The fourth-order valence-electron chi connectivity index (χ4n) is 10.0. The second kappa shape index (κ2) is 39.8. The second-order valence-corrected chi connectivity index (χ2v) is 28.5. The summed E-state index contributed by atoms with van der Waals surface area (Å²) in [6.45, 7) is 2.23. The van der Waals surface area contributed by atoms with Gasteiger partial charge in [0.2, 0.25) is 0 Å². The number of fused-ring (bicyclic) bond motifs is 8. The minimum Gasteiger partial charge on any atom is -0.480 e. The van der Waals surface area contributed by atoms with Gasteiger partial charge < -0.3 is 51.9 Å². The minimum atomic E-state index is -1.62. The summed E-state index contributed by atoms with van der Waals surface area (Å²) in [7, 11) is 5.80. The van der Waals surface area contributed by atoms with Crippen LogP contribution in [0, 0.1) is 0 Å². The lowest BCUT2D eigenvalue weighted by molar-refractivity contribution is -0.140. The first kappa shape index (κ1) is 74.4. The van der Waals surface area contributed by atoms with Crippen LogP contribution in [-0.2, 0) is 55.7 Å². The van der Waals surface area contributed by atoms with Gasteiger partial charge in [-0.25, -0.2) is 28.8 Å². The topological polar surface area (TPSA) is 340 Å². The summed E-state index contributed by atoms with van der Waals surface area (Å²) in [5, 5.41) is 70.7. The zero-order valence-corrected chi connectivity index (χ0v) is 55.1. The Hall–Kier alpha value is -6.32. The van der Waals surface area contributed by atoms with Crippen LogP contribution in [0.2, 0.25) is 0 Å². The fourth-order valence-corrected chi connectivity index (χ4v) is 15.2. The summed E-state index contributed by atoms with van der Waals surface area (Å²) >= 11 is 3.99. The molecule has 5 rings (SSSR count). The molecule has 26 heteroatoms. The van der Waals surface area contributed by atoms with Crippen molar-refractivity contribution in [1.29, 1.82) is 0 Å². The van der Waals surface area contributed by atoms with E-state index in [0.29, 0.717) is 34.2 Å². The van der Waals surface area contributed by atoms with Gasteiger partial charge in [-0.15, -0.1) is 11.7 Å². The van der Waals surface area contributed by atoms with Crippen LogP contribution in [0.15, 0.2) is 72.8 Å². The molecule has 0 unspecified atom stereocenters. The number of aromatic carboxylic acids is 2. The number of aliphatic carboxylic acids is 4. The van der Waals surface area contributed by atoms with Crippen molar-refractivity contribution in [3.8, 4) is 0 Å². The lowest BCUT2D eigenvalue weighted by Gasteiger charge is -2.18. The number of hydrogen-bond donors (Lipinski definition) is 11. The van der Waals surface area contributed by atoms with E-state index in [1.165, 1.54) is 121 Å². The molecule has 0 spiro atoms. The van der Waals surface area contributed by atoms with Crippen LogP contribution < -0.4 is 21.3 Å². The summed E-state index contributed by atoms with van der Waals surface area (Å²) in [5.41, 5.74) is 2.45. The molecule has 8 bridgehead atoms. The average Bonchev–Trinajstić information content (AvgIpc) is 0.971. The second-order valence-electron chi connectivity index (χ2n) is 22.1. The van der Waals surface area contributed by atoms with Gasteiger partial charge in [0, 0.05) is 51.0 Å². The van der Waals surface area contributed by atoms with Crippen molar-refractivity contribution < 1.29 is 78.6 Å². The number of benzene rings is 4. The van der Waals surface area contributed by atoms with Gasteiger partial charge in [-0.05, 0) is 127 Å². The minimum absolute atomic E-state index is 0.0275. The Morgan fingerprint density at radius 3 is 1.31 bits per heavy atom. The van der Waals surface area contributed by atoms with Gasteiger partial charge >= 0.3 is 35.8 Å². The van der Waals surface area contributed by atoms with Crippen LogP contribution in [-0.4, -0.2) is 126 Å². The van der Waals surface area contributed by atoms with Gasteiger partial charge in [-0.3, -0.25) is 19.2 Å². The Bertz CT molecular complexity index is 3150. The summed E-state index contributed by atoms with van der Waals surface area (Å²) in [5.74, 6) is -11.6. The lowest BCUT2D eigenvalue weighted by atomic mass is 9.99. The normalized spacial score (nSPS) is 16.9. The number of carbonyl (C=O) groups is 10. The van der Waals surface area contributed by atoms with E-state index in [1.54, 1.807) is 24.3 Å². The third-order valence-corrected chi connectivity index (χ3v) is 20.4. The molecule has 1 aliphatic rings.